The van der Waals surface area contributed by atoms with E-state index in [9.17, 15) is 9.59 Å². The smallest absolute Gasteiger partial charge is 0.248 e. The number of rotatable bonds is 1. The molecule has 1 saturated heterocycles. The lowest BCUT2D eigenvalue weighted by Crippen LogP contribution is -2.60. The molecule has 3 fully saturated rings. The normalized spacial score (nSPS) is 36.7. The highest BCUT2D eigenvalue weighted by atomic mass is 16.2. The van der Waals surface area contributed by atoms with Crippen LogP contribution >= 0.6 is 0 Å². The SMILES string of the molecule is CC1CCC(N2CCC(=O)NC3(CCCCC3)C2=O)C1C. The zero-order valence-corrected chi connectivity index (χ0v) is 13.4. The first kappa shape index (κ1) is 14.9. The molecule has 1 spiro atoms. The van der Waals surface area contributed by atoms with E-state index >= 15 is 0 Å². The van der Waals surface area contributed by atoms with Crippen LogP contribution in [0.3, 0.4) is 0 Å². The molecule has 3 aliphatic rings. The summed E-state index contributed by atoms with van der Waals surface area (Å²) < 4.78 is 0. The number of nitrogens with one attached hydrogen (secondary N) is 1. The van der Waals surface area contributed by atoms with Gasteiger partial charge in [0.1, 0.15) is 5.54 Å². The Morgan fingerprint density at radius 2 is 1.81 bits per heavy atom. The second kappa shape index (κ2) is 5.62. The average Bonchev–Trinajstić information content (AvgIpc) is 2.75. The lowest BCUT2D eigenvalue weighted by Gasteiger charge is -2.41. The monoisotopic (exact) mass is 292 g/mol. The summed E-state index contributed by atoms with van der Waals surface area (Å²) in [6.07, 6.45) is 7.69. The van der Waals surface area contributed by atoms with Crippen molar-refractivity contribution in [2.24, 2.45) is 11.8 Å². The van der Waals surface area contributed by atoms with Gasteiger partial charge in [-0.3, -0.25) is 9.59 Å². The highest BCUT2D eigenvalue weighted by Crippen LogP contribution is 2.38. The molecule has 2 aliphatic carbocycles. The molecule has 3 atom stereocenters. The Morgan fingerprint density at radius 3 is 2.43 bits per heavy atom. The quantitative estimate of drug-likeness (QED) is 0.807. The minimum Gasteiger partial charge on any atom is -0.342 e. The molecule has 3 unspecified atom stereocenters. The summed E-state index contributed by atoms with van der Waals surface area (Å²) in [6, 6.07) is 0.332. The molecule has 1 heterocycles. The number of hydrogen-bond donors (Lipinski definition) is 1. The summed E-state index contributed by atoms with van der Waals surface area (Å²) in [5.74, 6) is 1.49. The minimum atomic E-state index is -0.586. The Kier molecular flexibility index (Phi) is 3.98. The molecule has 0 aromatic rings. The molecule has 0 bridgehead atoms. The lowest BCUT2D eigenvalue weighted by atomic mass is 9.80. The molecule has 2 amide bonds. The predicted molar refractivity (Wildman–Crippen MR) is 81.6 cm³/mol. The van der Waals surface area contributed by atoms with Crippen molar-refractivity contribution in [3.05, 3.63) is 0 Å². The number of amides is 2. The van der Waals surface area contributed by atoms with Crippen LogP contribution in [0.25, 0.3) is 0 Å². The molecular formula is C17H28N2O2. The number of carbonyl (C=O) groups is 2. The topological polar surface area (TPSA) is 49.4 Å². The minimum absolute atomic E-state index is 0.0615. The van der Waals surface area contributed by atoms with E-state index in [0.29, 0.717) is 30.8 Å². The molecule has 1 aliphatic heterocycles. The highest BCUT2D eigenvalue weighted by molar-refractivity contribution is 5.93. The van der Waals surface area contributed by atoms with E-state index in [1.54, 1.807) is 0 Å². The third-order valence-corrected chi connectivity index (χ3v) is 6.16. The molecule has 0 aromatic heterocycles. The van der Waals surface area contributed by atoms with Gasteiger partial charge in [0.15, 0.2) is 0 Å². The fourth-order valence-electron chi connectivity index (χ4n) is 4.57. The standard InChI is InChI=1S/C17H28N2O2/c1-12-6-7-14(13(12)2)19-11-8-15(20)18-17(16(19)21)9-4-3-5-10-17/h12-14H,3-11H2,1-2H3,(H,18,20). The summed E-state index contributed by atoms with van der Waals surface area (Å²) in [7, 11) is 0. The van der Waals surface area contributed by atoms with E-state index in [2.05, 4.69) is 24.1 Å². The van der Waals surface area contributed by atoms with E-state index in [0.717, 1.165) is 32.1 Å². The molecule has 2 saturated carbocycles. The Morgan fingerprint density at radius 1 is 1.10 bits per heavy atom. The molecule has 4 nitrogen and oxygen atoms in total. The molecular weight excluding hydrogens is 264 g/mol. The van der Waals surface area contributed by atoms with Gasteiger partial charge in [-0.1, -0.05) is 33.1 Å². The summed E-state index contributed by atoms with van der Waals surface area (Å²) in [5, 5.41) is 3.09. The second-order valence-corrected chi connectivity index (χ2v) is 7.42. The summed E-state index contributed by atoms with van der Waals surface area (Å²) in [4.78, 5) is 27.4. The van der Waals surface area contributed by atoms with Crippen molar-refractivity contribution in [3.8, 4) is 0 Å². The van der Waals surface area contributed by atoms with Gasteiger partial charge in [0.05, 0.1) is 0 Å². The van der Waals surface area contributed by atoms with Gasteiger partial charge in [0, 0.05) is 19.0 Å². The molecule has 4 heteroatoms. The zero-order chi connectivity index (χ0) is 15.0. The maximum absolute atomic E-state index is 13.2. The largest absolute Gasteiger partial charge is 0.342 e. The van der Waals surface area contributed by atoms with E-state index in [4.69, 9.17) is 0 Å². The Labute approximate surface area is 127 Å². The number of nitrogens with zero attached hydrogens (tertiary/aromatic N) is 1. The zero-order valence-electron chi connectivity index (χ0n) is 13.4. The summed E-state index contributed by atoms with van der Waals surface area (Å²) in [5.41, 5.74) is -0.586. The van der Waals surface area contributed by atoms with Crippen LogP contribution in [-0.4, -0.2) is 34.8 Å². The molecule has 0 radical (unpaired) electrons. The second-order valence-electron chi connectivity index (χ2n) is 7.42. The Bertz CT molecular complexity index is 429. The summed E-state index contributed by atoms with van der Waals surface area (Å²) >= 11 is 0. The molecule has 21 heavy (non-hydrogen) atoms. The van der Waals surface area contributed by atoms with Crippen LogP contribution in [-0.2, 0) is 9.59 Å². The van der Waals surface area contributed by atoms with Gasteiger partial charge in [-0.15, -0.1) is 0 Å². The van der Waals surface area contributed by atoms with Crippen molar-refractivity contribution < 1.29 is 9.59 Å². The van der Waals surface area contributed by atoms with Crippen LogP contribution in [0, 0.1) is 11.8 Å². The van der Waals surface area contributed by atoms with E-state index in [-0.39, 0.29) is 11.8 Å². The van der Waals surface area contributed by atoms with Crippen molar-refractivity contribution in [3.63, 3.8) is 0 Å². The fraction of sp³-hybridized carbons (Fsp3) is 0.882. The Hall–Kier alpha value is -1.06. The number of hydrogen-bond acceptors (Lipinski definition) is 2. The number of carbonyl (C=O) groups excluding carboxylic acids is 2. The van der Waals surface area contributed by atoms with Gasteiger partial charge in [0.2, 0.25) is 11.8 Å². The van der Waals surface area contributed by atoms with Gasteiger partial charge in [-0.25, -0.2) is 0 Å². The van der Waals surface area contributed by atoms with Crippen LogP contribution in [0.5, 0.6) is 0 Å². The first-order valence-corrected chi connectivity index (χ1v) is 8.65. The van der Waals surface area contributed by atoms with Gasteiger partial charge >= 0.3 is 0 Å². The highest BCUT2D eigenvalue weighted by Gasteiger charge is 2.48. The molecule has 3 rings (SSSR count). The van der Waals surface area contributed by atoms with Crippen LogP contribution in [0.2, 0.25) is 0 Å². The van der Waals surface area contributed by atoms with E-state index in [1.807, 2.05) is 0 Å². The van der Waals surface area contributed by atoms with E-state index in [1.165, 1.54) is 12.8 Å². The maximum Gasteiger partial charge on any atom is 0.248 e. The fourth-order valence-corrected chi connectivity index (χ4v) is 4.57. The van der Waals surface area contributed by atoms with Gasteiger partial charge in [-0.05, 0) is 37.5 Å². The van der Waals surface area contributed by atoms with Gasteiger partial charge in [-0.2, -0.15) is 0 Å². The van der Waals surface area contributed by atoms with Gasteiger partial charge in [0.25, 0.3) is 0 Å². The van der Waals surface area contributed by atoms with Gasteiger partial charge < -0.3 is 10.2 Å². The first-order chi connectivity index (χ1) is 10.0. The molecule has 1 N–H and O–H groups in total. The van der Waals surface area contributed by atoms with Crippen molar-refractivity contribution in [1.29, 1.82) is 0 Å². The van der Waals surface area contributed by atoms with Crippen molar-refractivity contribution >= 4 is 11.8 Å². The third kappa shape index (κ3) is 2.58. The van der Waals surface area contributed by atoms with Crippen molar-refractivity contribution in [1.82, 2.24) is 10.2 Å². The first-order valence-electron chi connectivity index (χ1n) is 8.65. The summed E-state index contributed by atoms with van der Waals surface area (Å²) in [6.45, 7) is 5.16. The van der Waals surface area contributed by atoms with Crippen molar-refractivity contribution in [2.45, 2.75) is 76.8 Å². The van der Waals surface area contributed by atoms with Crippen LogP contribution in [0.4, 0.5) is 0 Å². The molecule has 118 valence electrons. The third-order valence-electron chi connectivity index (χ3n) is 6.16. The average molecular weight is 292 g/mol. The Balaban J connectivity index is 1.86. The lowest BCUT2D eigenvalue weighted by molar-refractivity contribution is -0.143. The maximum atomic E-state index is 13.2. The van der Waals surface area contributed by atoms with Crippen LogP contribution < -0.4 is 5.32 Å². The van der Waals surface area contributed by atoms with Crippen molar-refractivity contribution in [2.75, 3.05) is 6.54 Å². The molecule has 0 aromatic carbocycles. The predicted octanol–water partition coefficient (Wildman–Crippen LogP) is 2.47. The van der Waals surface area contributed by atoms with Crippen LogP contribution in [0.1, 0.15) is 65.2 Å². The van der Waals surface area contributed by atoms with E-state index < -0.39 is 5.54 Å². The van der Waals surface area contributed by atoms with Crippen LogP contribution in [0.15, 0.2) is 0 Å².